The molecule has 4 heteroatoms. The Morgan fingerprint density at radius 3 is 2.12 bits per heavy atom. The van der Waals surface area contributed by atoms with Gasteiger partial charge in [0, 0.05) is 24.1 Å². The van der Waals surface area contributed by atoms with Crippen molar-refractivity contribution in [3.63, 3.8) is 0 Å². The summed E-state index contributed by atoms with van der Waals surface area (Å²) in [5, 5.41) is 4.84. The summed E-state index contributed by atoms with van der Waals surface area (Å²) in [6.07, 6.45) is 2.92. The van der Waals surface area contributed by atoms with E-state index in [-0.39, 0.29) is 23.7 Å². The number of hydrogen-bond donors (Lipinski definition) is 1. The van der Waals surface area contributed by atoms with Crippen molar-refractivity contribution in [2.45, 2.75) is 32.6 Å². The number of nitrogens with one attached hydrogen (secondary N) is 1. The van der Waals surface area contributed by atoms with Crippen LogP contribution >= 0.6 is 0 Å². The van der Waals surface area contributed by atoms with Gasteiger partial charge in [0.25, 0.3) is 5.91 Å². The predicted octanol–water partition coefficient (Wildman–Crippen LogP) is 3.59. The number of hydrogen-bond acceptors (Lipinski definition) is 2. The predicted molar refractivity (Wildman–Crippen MR) is 127 cm³/mol. The topological polar surface area (TPSA) is 58.5 Å². The molecule has 1 atom stereocenters. The Morgan fingerprint density at radius 2 is 1.50 bits per heavy atom. The minimum atomic E-state index is -0.303. The van der Waals surface area contributed by atoms with Crippen molar-refractivity contribution in [3.05, 3.63) is 106 Å². The zero-order valence-electron chi connectivity index (χ0n) is 18.5. The Morgan fingerprint density at radius 1 is 0.906 bits per heavy atom. The van der Waals surface area contributed by atoms with Crippen molar-refractivity contribution in [3.8, 4) is 0 Å². The summed E-state index contributed by atoms with van der Waals surface area (Å²) in [5.41, 5.74) is 4.36. The third kappa shape index (κ3) is 4.86. The molecule has 0 saturated heterocycles. The average molecular weight is 425 g/mol. The van der Waals surface area contributed by atoms with E-state index in [1.807, 2.05) is 62.4 Å². The fourth-order valence-electron chi connectivity index (χ4n) is 4.27. The number of nitrogens with zero attached hydrogens (tertiary/aromatic N) is 1. The van der Waals surface area contributed by atoms with Gasteiger partial charge < -0.3 is 5.32 Å². The van der Waals surface area contributed by atoms with Crippen LogP contribution in [0.3, 0.4) is 0 Å². The molecule has 4 rings (SSSR count). The highest BCUT2D eigenvalue weighted by molar-refractivity contribution is 5.86. The maximum atomic E-state index is 12.8. The van der Waals surface area contributed by atoms with Gasteiger partial charge >= 0.3 is 0 Å². The maximum absolute atomic E-state index is 12.8. The van der Waals surface area contributed by atoms with Crippen molar-refractivity contribution in [2.24, 2.45) is 10.9 Å². The summed E-state index contributed by atoms with van der Waals surface area (Å²) >= 11 is 0. The first-order valence-corrected chi connectivity index (χ1v) is 11.1. The Balaban J connectivity index is 1.42. The van der Waals surface area contributed by atoms with Crippen LogP contribution in [0.2, 0.25) is 0 Å². The fourth-order valence-corrected chi connectivity index (χ4v) is 4.27. The first kappa shape index (κ1) is 21.7. The van der Waals surface area contributed by atoms with Crippen LogP contribution in [0.1, 0.15) is 41.0 Å². The summed E-state index contributed by atoms with van der Waals surface area (Å²) in [6.45, 7) is 4.45. The molecule has 0 saturated carbocycles. The van der Waals surface area contributed by atoms with Gasteiger partial charge in [-0.3, -0.25) is 9.59 Å². The van der Waals surface area contributed by atoms with Gasteiger partial charge in [-0.15, -0.1) is 0 Å². The molecule has 1 unspecified atom stereocenters. The van der Waals surface area contributed by atoms with Crippen molar-refractivity contribution < 1.29 is 9.59 Å². The molecular weight excluding hydrogens is 396 g/mol. The Labute approximate surface area is 188 Å². The molecule has 0 aliphatic carbocycles. The fraction of sp³-hybridized carbons (Fsp3) is 0.250. The molecule has 162 valence electrons. The normalized spacial score (nSPS) is 15.0. The van der Waals surface area contributed by atoms with Crippen LogP contribution in [0, 0.1) is 19.8 Å². The van der Waals surface area contributed by atoms with Crippen molar-refractivity contribution in [1.29, 1.82) is 0 Å². The zero-order valence-corrected chi connectivity index (χ0v) is 18.5. The van der Waals surface area contributed by atoms with Crippen LogP contribution in [0.4, 0.5) is 0 Å². The lowest BCUT2D eigenvalue weighted by atomic mass is 9.88. The summed E-state index contributed by atoms with van der Waals surface area (Å²) in [7, 11) is 0. The number of carbonyl (C=O) groups is 2. The van der Waals surface area contributed by atoms with Crippen LogP contribution in [0.15, 0.2) is 77.8 Å². The Hall–Kier alpha value is -3.53. The first-order valence-electron chi connectivity index (χ1n) is 11.1. The Kier molecular flexibility index (Phi) is 6.60. The smallest absolute Gasteiger partial charge is 0.253 e. The number of benzene rings is 3. The average Bonchev–Trinajstić information content (AvgIpc) is 2.82. The van der Waals surface area contributed by atoms with E-state index in [1.165, 1.54) is 0 Å². The van der Waals surface area contributed by atoms with E-state index >= 15 is 0 Å². The van der Waals surface area contributed by atoms with Gasteiger partial charge in [0.05, 0.1) is 11.3 Å². The maximum Gasteiger partial charge on any atom is 0.253 e. The lowest BCUT2D eigenvalue weighted by Crippen LogP contribution is -2.38. The molecule has 32 heavy (non-hydrogen) atoms. The highest BCUT2D eigenvalue weighted by atomic mass is 16.2. The first-order chi connectivity index (χ1) is 15.5. The molecule has 0 spiro atoms. The molecule has 2 amide bonds. The lowest BCUT2D eigenvalue weighted by molar-refractivity contribution is -0.122. The quantitative estimate of drug-likeness (QED) is 0.630. The monoisotopic (exact) mass is 424 g/mol. The van der Waals surface area contributed by atoms with Gasteiger partial charge in [-0.2, -0.15) is 0 Å². The highest BCUT2D eigenvalue weighted by Crippen LogP contribution is 2.27. The molecule has 1 heterocycles. The molecule has 0 bridgehead atoms. The second-order valence-electron chi connectivity index (χ2n) is 8.40. The zero-order chi connectivity index (χ0) is 22.5. The summed E-state index contributed by atoms with van der Waals surface area (Å²) in [6, 6.07) is 24.2. The van der Waals surface area contributed by atoms with Gasteiger partial charge in [0.15, 0.2) is 0 Å². The number of rotatable bonds is 7. The van der Waals surface area contributed by atoms with Crippen molar-refractivity contribution in [2.75, 3.05) is 6.54 Å². The minimum Gasteiger partial charge on any atom is -0.356 e. The van der Waals surface area contributed by atoms with Gasteiger partial charge in [-0.05, 0) is 42.5 Å². The molecule has 0 fully saturated rings. The number of fused-ring (bicyclic) bond motifs is 1. The van der Waals surface area contributed by atoms with E-state index in [2.05, 4.69) is 40.6 Å². The molecular formula is C28H28N2O2. The molecule has 3 aromatic carbocycles. The van der Waals surface area contributed by atoms with Crippen LogP contribution in [-0.4, -0.2) is 18.4 Å². The van der Waals surface area contributed by atoms with Gasteiger partial charge in [-0.1, -0.05) is 78.9 Å². The molecule has 0 aromatic heterocycles. The molecule has 1 aliphatic rings. The second-order valence-corrected chi connectivity index (χ2v) is 8.40. The Bertz CT molecular complexity index is 1190. The lowest BCUT2D eigenvalue weighted by Gasteiger charge is -2.18. The largest absolute Gasteiger partial charge is 0.356 e. The summed E-state index contributed by atoms with van der Waals surface area (Å²) < 4.78 is 0. The number of aryl methyl sites for hydroxylation is 2. The molecule has 1 aliphatic heterocycles. The summed E-state index contributed by atoms with van der Waals surface area (Å²) in [4.78, 5) is 29.7. The van der Waals surface area contributed by atoms with E-state index in [0.29, 0.717) is 19.4 Å². The van der Waals surface area contributed by atoms with Gasteiger partial charge in [0.2, 0.25) is 5.91 Å². The number of amides is 2. The molecule has 0 radical (unpaired) electrons. The van der Waals surface area contributed by atoms with E-state index in [4.69, 9.17) is 0 Å². The SMILES string of the molecule is Cc1ccc(C)c2c1=CC(CCNC(=O)CC(c1ccccc1)c1ccccc1)C(=O)N=2. The summed E-state index contributed by atoms with van der Waals surface area (Å²) in [5.74, 6) is -0.461. The van der Waals surface area contributed by atoms with Gasteiger partial charge in [-0.25, -0.2) is 4.99 Å². The molecule has 1 N–H and O–H groups in total. The van der Waals surface area contributed by atoms with Crippen LogP contribution in [0.25, 0.3) is 6.08 Å². The third-order valence-corrected chi connectivity index (χ3v) is 6.11. The van der Waals surface area contributed by atoms with Crippen LogP contribution in [-0.2, 0) is 9.59 Å². The number of carbonyl (C=O) groups excluding carboxylic acids is 2. The van der Waals surface area contributed by atoms with Crippen molar-refractivity contribution >= 4 is 17.9 Å². The highest BCUT2D eigenvalue weighted by Gasteiger charge is 2.21. The second kappa shape index (κ2) is 9.73. The minimum absolute atomic E-state index is 0.00669. The standard InChI is InChI=1S/C28H28N2O2/c1-19-13-14-20(2)27-24(19)17-23(28(32)30-27)15-16-29-26(31)18-25(21-9-5-3-6-10-21)22-11-7-4-8-12-22/h3-14,17,23,25H,15-16,18H2,1-2H3,(H,29,31). The van der Waals surface area contributed by atoms with E-state index < -0.39 is 0 Å². The van der Waals surface area contributed by atoms with Crippen LogP contribution < -0.4 is 15.9 Å². The molecule has 4 nitrogen and oxygen atoms in total. The third-order valence-electron chi connectivity index (χ3n) is 6.11. The molecule has 3 aromatic rings. The van der Waals surface area contributed by atoms with E-state index in [0.717, 1.165) is 32.8 Å². The van der Waals surface area contributed by atoms with E-state index in [1.54, 1.807) is 0 Å². The van der Waals surface area contributed by atoms with E-state index in [9.17, 15) is 9.59 Å². The van der Waals surface area contributed by atoms with Gasteiger partial charge in [0.1, 0.15) is 0 Å². The van der Waals surface area contributed by atoms with Crippen LogP contribution in [0.5, 0.6) is 0 Å². The van der Waals surface area contributed by atoms with Crippen molar-refractivity contribution in [1.82, 2.24) is 5.32 Å².